The van der Waals surface area contributed by atoms with Crippen LogP contribution in [0, 0.1) is 0 Å². The quantitative estimate of drug-likeness (QED) is 0.362. The first-order valence-corrected chi connectivity index (χ1v) is 9.46. The molecule has 0 bridgehead atoms. The van der Waals surface area contributed by atoms with Gasteiger partial charge < -0.3 is 11.1 Å². The van der Waals surface area contributed by atoms with Crippen molar-refractivity contribution in [2.75, 3.05) is 6.54 Å². The molecule has 0 saturated carbocycles. The maximum atomic E-state index is 12.5. The maximum Gasteiger partial charge on any atom is 0.267 e. The first-order chi connectivity index (χ1) is 12.0. The number of aliphatic imine (C=N–C) groups is 1. The molecule has 0 aromatic heterocycles. The van der Waals surface area contributed by atoms with Gasteiger partial charge in [-0.15, -0.1) is 0 Å². The molecule has 3 N–H and O–H groups in total. The van der Waals surface area contributed by atoms with E-state index >= 15 is 0 Å². The summed E-state index contributed by atoms with van der Waals surface area (Å²) in [4.78, 5) is 17.1. The van der Waals surface area contributed by atoms with E-state index in [1.807, 2.05) is 12.1 Å². The van der Waals surface area contributed by atoms with Gasteiger partial charge in [0.2, 0.25) is 0 Å². The number of rotatable bonds is 10. The molecule has 1 amide bonds. The summed E-state index contributed by atoms with van der Waals surface area (Å²) >= 11 is 5.88. The fourth-order valence-electron chi connectivity index (χ4n) is 2.49. The Labute approximate surface area is 156 Å². The summed E-state index contributed by atoms with van der Waals surface area (Å²) in [5.41, 5.74) is 9.29. The zero-order chi connectivity index (χ0) is 18.7. The highest BCUT2D eigenvalue weighted by Crippen LogP contribution is 2.14. The van der Waals surface area contributed by atoms with Crippen molar-refractivity contribution >= 4 is 23.2 Å². The monoisotopic (exact) mass is 363 g/mol. The molecule has 25 heavy (non-hydrogen) atoms. The average molecular weight is 364 g/mol. The van der Waals surface area contributed by atoms with Crippen LogP contribution in [0.3, 0.4) is 0 Å². The highest BCUT2D eigenvalue weighted by atomic mass is 35.5. The molecule has 0 aliphatic carbocycles. The van der Waals surface area contributed by atoms with Gasteiger partial charge in [-0.3, -0.25) is 9.79 Å². The van der Waals surface area contributed by atoms with Crippen molar-refractivity contribution in [2.45, 2.75) is 59.4 Å². The van der Waals surface area contributed by atoms with E-state index in [4.69, 9.17) is 17.3 Å². The van der Waals surface area contributed by atoms with E-state index in [0.29, 0.717) is 11.6 Å². The number of hydrogen-bond donors (Lipinski definition) is 2. The van der Waals surface area contributed by atoms with Crippen molar-refractivity contribution < 1.29 is 4.79 Å². The van der Waals surface area contributed by atoms with Crippen LogP contribution in [-0.2, 0) is 11.3 Å². The third kappa shape index (κ3) is 7.30. The Hall–Kier alpha value is -1.81. The van der Waals surface area contributed by atoms with Gasteiger partial charge in [0.15, 0.2) is 0 Å². The lowest BCUT2D eigenvalue weighted by atomic mass is 10.00. The number of benzene rings is 1. The van der Waals surface area contributed by atoms with Crippen LogP contribution in [0.4, 0.5) is 0 Å². The molecule has 0 aliphatic heterocycles. The van der Waals surface area contributed by atoms with E-state index in [0.717, 1.165) is 55.5 Å². The summed E-state index contributed by atoms with van der Waals surface area (Å²) in [6.07, 6.45) is 4.62. The van der Waals surface area contributed by atoms with E-state index in [-0.39, 0.29) is 11.6 Å². The number of nitrogens with one attached hydrogen (secondary N) is 1. The summed E-state index contributed by atoms with van der Waals surface area (Å²) in [6.45, 7) is 7.48. The maximum absolute atomic E-state index is 12.5. The van der Waals surface area contributed by atoms with Crippen LogP contribution in [0.2, 0.25) is 5.02 Å². The summed E-state index contributed by atoms with van der Waals surface area (Å²) in [5, 5.41) is 3.56. The Morgan fingerprint density at radius 1 is 1.16 bits per heavy atom. The smallest absolute Gasteiger partial charge is 0.267 e. The Balaban J connectivity index is 2.87. The number of carbonyl (C=O) groups excluding carboxylic acids is 1. The highest BCUT2D eigenvalue weighted by Gasteiger charge is 2.15. The summed E-state index contributed by atoms with van der Waals surface area (Å²) in [6, 6.07) is 7.39. The van der Waals surface area contributed by atoms with Crippen LogP contribution in [0.25, 0.3) is 0 Å². The van der Waals surface area contributed by atoms with Crippen LogP contribution in [0.1, 0.15) is 58.4 Å². The lowest BCUT2D eigenvalue weighted by Crippen LogP contribution is -2.30. The van der Waals surface area contributed by atoms with Gasteiger partial charge in [0, 0.05) is 29.4 Å². The molecule has 138 valence electrons. The molecule has 0 unspecified atom stereocenters. The van der Waals surface area contributed by atoms with Gasteiger partial charge in [0.1, 0.15) is 5.70 Å². The number of carbonyl (C=O) groups is 1. The van der Waals surface area contributed by atoms with Crippen LogP contribution >= 0.6 is 11.6 Å². The number of halogens is 1. The summed E-state index contributed by atoms with van der Waals surface area (Å²) < 4.78 is 0. The third-order valence-corrected chi connectivity index (χ3v) is 4.19. The largest absolute Gasteiger partial charge is 0.394 e. The van der Waals surface area contributed by atoms with Crippen molar-refractivity contribution in [3.63, 3.8) is 0 Å². The van der Waals surface area contributed by atoms with Gasteiger partial charge in [-0.05, 0) is 37.0 Å². The standard InChI is InChI=1S/C20H30ClN3O/c1-4-7-13-23-18(6-3)17(8-5-2)19(22)20(25)24-14-15-9-11-16(21)12-10-15/h9-12H,4-8,13-14,22H2,1-3H3,(H,24,25)/b19-17-,23-18?. The Kier molecular flexibility index (Phi) is 9.93. The molecule has 5 heteroatoms. The normalized spacial score (nSPS) is 12.7. The second-order valence-corrected chi connectivity index (χ2v) is 6.42. The molecule has 4 nitrogen and oxygen atoms in total. The third-order valence-electron chi connectivity index (χ3n) is 3.93. The molecule has 0 fully saturated rings. The molecule has 0 aliphatic rings. The zero-order valence-corrected chi connectivity index (χ0v) is 16.3. The number of nitrogens with two attached hydrogens (primary N) is 1. The Morgan fingerprint density at radius 2 is 1.84 bits per heavy atom. The molecule has 0 heterocycles. The predicted molar refractivity (Wildman–Crippen MR) is 107 cm³/mol. The van der Waals surface area contributed by atoms with Crippen molar-refractivity contribution in [2.24, 2.45) is 10.7 Å². The molecule has 0 atom stereocenters. The minimum Gasteiger partial charge on any atom is -0.394 e. The minimum atomic E-state index is -0.241. The van der Waals surface area contributed by atoms with Gasteiger partial charge in [-0.1, -0.05) is 57.3 Å². The molecular formula is C20H30ClN3O. The Morgan fingerprint density at radius 3 is 2.40 bits per heavy atom. The van der Waals surface area contributed by atoms with Crippen LogP contribution in [0.5, 0.6) is 0 Å². The second kappa shape index (κ2) is 11.7. The number of allylic oxidation sites excluding steroid dienone is 1. The van der Waals surface area contributed by atoms with Gasteiger partial charge in [-0.2, -0.15) is 0 Å². The number of amides is 1. The minimum absolute atomic E-state index is 0.241. The molecule has 1 aromatic carbocycles. The first-order valence-electron chi connectivity index (χ1n) is 9.08. The predicted octanol–water partition coefficient (Wildman–Crippen LogP) is 4.62. The topological polar surface area (TPSA) is 67.5 Å². The summed E-state index contributed by atoms with van der Waals surface area (Å²) in [5.74, 6) is -0.241. The lowest BCUT2D eigenvalue weighted by Gasteiger charge is -2.14. The molecular weight excluding hydrogens is 334 g/mol. The van der Waals surface area contributed by atoms with Crippen molar-refractivity contribution in [3.05, 3.63) is 46.1 Å². The van der Waals surface area contributed by atoms with Crippen LogP contribution in [0.15, 0.2) is 40.5 Å². The first kappa shape index (κ1) is 21.2. The van der Waals surface area contributed by atoms with E-state index in [9.17, 15) is 4.79 Å². The molecule has 1 rings (SSSR count). The van der Waals surface area contributed by atoms with E-state index in [1.165, 1.54) is 0 Å². The fourth-order valence-corrected chi connectivity index (χ4v) is 2.62. The number of nitrogens with zero attached hydrogens (tertiary/aromatic N) is 1. The molecule has 1 aromatic rings. The zero-order valence-electron chi connectivity index (χ0n) is 15.6. The van der Waals surface area contributed by atoms with E-state index in [1.54, 1.807) is 12.1 Å². The lowest BCUT2D eigenvalue weighted by molar-refractivity contribution is -0.117. The van der Waals surface area contributed by atoms with Crippen LogP contribution in [-0.4, -0.2) is 18.2 Å². The SMILES string of the molecule is CCCCN=C(CC)/C(CCC)=C(\N)C(=O)NCc1ccc(Cl)cc1. The molecule has 0 spiro atoms. The van der Waals surface area contributed by atoms with E-state index in [2.05, 4.69) is 31.1 Å². The van der Waals surface area contributed by atoms with E-state index < -0.39 is 0 Å². The fraction of sp³-hybridized carbons (Fsp3) is 0.500. The van der Waals surface area contributed by atoms with Crippen molar-refractivity contribution in [1.82, 2.24) is 5.32 Å². The number of unbranched alkanes of at least 4 members (excludes halogenated alkanes) is 1. The van der Waals surface area contributed by atoms with Gasteiger partial charge >= 0.3 is 0 Å². The van der Waals surface area contributed by atoms with Gasteiger partial charge in [0.05, 0.1) is 0 Å². The van der Waals surface area contributed by atoms with Gasteiger partial charge in [-0.25, -0.2) is 0 Å². The average Bonchev–Trinajstić information content (AvgIpc) is 2.62. The Bertz CT molecular complexity index is 606. The summed E-state index contributed by atoms with van der Waals surface area (Å²) in [7, 11) is 0. The second-order valence-electron chi connectivity index (χ2n) is 5.99. The molecule has 0 saturated heterocycles. The number of hydrogen-bond acceptors (Lipinski definition) is 3. The van der Waals surface area contributed by atoms with Crippen molar-refractivity contribution in [1.29, 1.82) is 0 Å². The van der Waals surface area contributed by atoms with Crippen LogP contribution < -0.4 is 11.1 Å². The van der Waals surface area contributed by atoms with Crippen molar-refractivity contribution in [3.8, 4) is 0 Å². The molecule has 0 radical (unpaired) electrons. The highest BCUT2D eigenvalue weighted by molar-refractivity contribution is 6.30. The van der Waals surface area contributed by atoms with Gasteiger partial charge in [0.25, 0.3) is 5.91 Å².